The number of anilines is 1. The fourth-order valence-electron chi connectivity index (χ4n) is 3.49. The van der Waals surface area contributed by atoms with Gasteiger partial charge in [-0.15, -0.1) is 0 Å². The van der Waals surface area contributed by atoms with E-state index in [1.54, 1.807) is 14.2 Å². The number of ether oxygens (including phenoxy) is 3. The van der Waals surface area contributed by atoms with Gasteiger partial charge in [0, 0.05) is 41.0 Å². The van der Waals surface area contributed by atoms with Crippen LogP contribution in [0.15, 0.2) is 47.5 Å². The molecule has 6 nitrogen and oxygen atoms in total. The Hall–Kier alpha value is -2.44. The number of aliphatic imine (C=N–C) groups is 1. The molecule has 7 heteroatoms. The molecule has 0 amide bonds. The molecule has 0 bridgehead atoms. The second-order valence-electron chi connectivity index (χ2n) is 6.80. The van der Waals surface area contributed by atoms with Crippen LogP contribution >= 0.6 is 11.6 Å². The molecule has 2 aromatic carbocycles. The fraction of sp³-hybridized carbons (Fsp3) is 0.381. The third kappa shape index (κ3) is 4.69. The van der Waals surface area contributed by atoms with Crippen molar-refractivity contribution in [1.29, 1.82) is 0 Å². The summed E-state index contributed by atoms with van der Waals surface area (Å²) in [4.78, 5) is 4.64. The summed E-state index contributed by atoms with van der Waals surface area (Å²) in [6, 6.07) is 13.2. The Balaban J connectivity index is 1.84. The van der Waals surface area contributed by atoms with Crippen LogP contribution in [0.5, 0.6) is 11.5 Å². The Labute approximate surface area is 170 Å². The summed E-state index contributed by atoms with van der Waals surface area (Å²) >= 11 is 6.28. The molecular formula is C21H26ClN3O3. The van der Waals surface area contributed by atoms with E-state index < -0.39 is 0 Å². The van der Waals surface area contributed by atoms with E-state index in [1.807, 2.05) is 42.5 Å². The zero-order chi connectivity index (χ0) is 20.0. The van der Waals surface area contributed by atoms with Crippen molar-refractivity contribution in [3.63, 3.8) is 0 Å². The van der Waals surface area contributed by atoms with Crippen LogP contribution < -0.4 is 20.5 Å². The molecule has 28 heavy (non-hydrogen) atoms. The minimum Gasteiger partial charge on any atom is -0.497 e. The Kier molecular flexibility index (Phi) is 6.65. The van der Waals surface area contributed by atoms with Crippen LogP contribution in [0.25, 0.3) is 0 Å². The molecule has 1 aliphatic heterocycles. The van der Waals surface area contributed by atoms with Crippen molar-refractivity contribution in [1.82, 2.24) is 0 Å². The molecule has 0 saturated carbocycles. The van der Waals surface area contributed by atoms with Crippen molar-refractivity contribution in [2.24, 2.45) is 10.7 Å². The lowest BCUT2D eigenvalue weighted by atomic mass is 9.73. The topological polar surface area (TPSA) is 78.1 Å². The van der Waals surface area contributed by atoms with Crippen LogP contribution in [0.4, 0.5) is 5.69 Å². The molecule has 1 heterocycles. The summed E-state index contributed by atoms with van der Waals surface area (Å²) < 4.78 is 16.4. The highest BCUT2D eigenvalue weighted by Gasteiger charge is 2.37. The first-order chi connectivity index (χ1) is 13.6. The third-order valence-electron chi connectivity index (χ3n) is 5.08. The van der Waals surface area contributed by atoms with Gasteiger partial charge in [-0.1, -0.05) is 17.7 Å². The number of nitrogens with zero attached hydrogens (tertiary/aromatic N) is 1. The van der Waals surface area contributed by atoms with E-state index in [4.69, 9.17) is 31.5 Å². The predicted molar refractivity (Wildman–Crippen MR) is 113 cm³/mol. The molecule has 0 atom stereocenters. The van der Waals surface area contributed by atoms with Gasteiger partial charge in [-0.25, -0.2) is 0 Å². The van der Waals surface area contributed by atoms with Crippen LogP contribution in [0, 0.1) is 0 Å². The van der Waals surface area contributed by atoms with Gasteiger partial charge in [-0.2, -0.15) is 0 Å². The van der Waals surface area contributed by atoms with Gasteiger partial charge in [0.25, 0.3) is 0 Å². The summed E-state index contributed by atoms with van der Waals surface area (Å²) in [7, 11) is 3.30. The number of benzene rings is 2. The number of guanidine groups is 1. The highest BCUT2D eigenvalue weighted by Crippen LogP contribution is 2.41. The number of rotatable bonds is 6. The minimum absolute atomic E-state index is 0.241. The van der Waals surface area contributed by atoms with Gasteiger partial charge in [-0.3, -0.25) is 4.99 Å². The molecule has 1 aliphatic rings. The van der Waals surface area contributed by atoms with E-state index in [0.29, 0.717) is 30.7 Å². The Bertz CT molecular complexity index is 835. The largest absolute Gasteiger partial charge is 0.497 e. The Morgan fingerprint density at radius 2 is 1.96 bits per heavy atom. The van der Waals surface area contributed by atoms with Crippen LogP contribution in [-0.2, 0) is 10.2 Å². The van der Waals surface area contributed by atoms with E-state index in [0.717, 1.165) is 35.6 Å². The molecule has 0 spiro atoms. The molecule has 3 N–H and O–H groups in total. The summed E-state index contributed by atoms with van der Waals surface area (Å²) in [5.41, 5.74) is 7.79. The number of hydrogen-bond acceptors (Lipinski definition) is 4. The average molecular weight is 404 g/mol. The maximum atomic E-state index is 6.28. The summed E-state index contributed by atoms with van der Waals surface area (Å²) in [5.74, 6) is 1.91. The zero-order valence-corrected chi connectivity index (χ0v) is 17.0. The average Bonchev–Trinajstić information content (AvgIpc) is 2.73. The summed E-state index contributed by atoms with van der Waals surface area (Å²) in [6.07, 6.45) is 1.64. The summed E-state index contributed by atoms with van der Waals surface area (Å²) in [5, 5.41) is 3.80. The number of hydrogen-bond donors (Lipinski definition) is 2. The molecule has 1 fully saturated rings. The van der Waals surface area contributed by atoms with Crippen molar-refractivity contribution in [2.75, 3.05) is 39.3 Å². The zero-order valence-electron chi connectivity index (χ0n) is 16.2. The maximum Gasteiger partial charge on any atom is 0.193 e. The SMILES string of the molecule is COc1cccc(NC(N)=NCC2(c3cc(Cl)ccc3OC)CCOCC2)c1. The first kappa shape index (κ1) is 20.3. The first-order valence-corrected chi connectivity index (χ1v) is 9.57. The van der Waals surface area contributed by atoms with Crippen molar-refractivity contribution in [3.8, 4) is 11.5 Å². The van der Waals surface area contributed by atoms with E-state index in [-0.39, 0.29) is 5.41 Å². The normalized spacial score (nSPS) is 16.5. The highest BCUT2D eigenvalue weighted by atomic mass is 35.5. The third-order valence-corrected chi connectivity index (χ3v) is 5.31. The van der Waals surface area contributed by atoms with Gasteiger partial charge in [0.15, 0.2) is 5.96 Å². The van der Waals surface area contributed by atoms with E-state index >= 15 is 0 Å². The van der Waals surface area contributed by atoms with Crippen molar-refractivity contribution < 1.29 is 14.2 Å². The highest BCUT2D eigenvalue weighted by molar-refractivity contribution is 6.30. The number of halogens is 1. The molecule has 0 unspecified atom stereocenters. The Morgan fingerprint density at radius 3 is 2.68 bits per heavy atom. The number of methoxy groups -OCH3 is 2. The van der Waals surface area contributed by atoms with Gasteiger partial charge < -0.3 is 25.3 Å². The molecule has 0 radical (unpaired) electrons. The predicted octanol–water partition coefficient (Wildman–Crippen LogP) is 3.83. The Morgan fingerprint density at radius 1 is 1.18 bits per heavy atom. The fourth-order valence-corrected chi connectivity index (χ4v) is 3.67. The van der Waals surface area contributed by atoms with Crippen molar-refractivity contribution in [3.05, 3.63) is 53.1 Å². The van der Waals surface area contributed by atoms with Crippen LogP contribution in [-0.4, -0.2) is 39.9 Å². The van der Waals surface area contributed by atoms with Gasteiger partial charge in [0.2, 0.25) is 0 Å². The van der Waals surface area contributed by atoms with Crippen molar-refractivity contribution >= 4 is 23.2 Å². The monoisotopic (exact) mass is 403 g/mol. The van der Waals surface area contributed by atoms with Crippen molar-refractivity contribution in [2.45, 2.75) is 18.3 Å². The van der Waals surface area contributed by atoms with E-state index in [1.165, 1.54) is 0 Å². The minimum atomic E-state index is -0.241. The van der Waals surface area contributed by atoms with Gasteiger partial charge in [0.05, 0.1) is 20.8 Å². The smallest absolute Gasteiger partial charge is 0.193 e. The lowest BCUT2D eigenvalue weighted by Gasteiger charge is -2.37. The first-order valence-electron chi connectivity index (χ1n) is 9.19. The lowest BCUT2D eigenvalue weighted by molar-refractivity contribution is 0.0523. The second-order valence-corrected chi connectivity index (χ2v) is 7.23. The molecule has 3 rings (SSSR count). The number of nitrogens with one attached hydrogen (secondary N) is 1. The molecule has 150 valence electrons. The molecule has 0 aromatic heterocycles. The van der Waals surface area contributed by atoms with Crippen LogP contribution in [0.1, 0.15) is 18.4 Å². The maximum absolute atomic E-state index is 6.28. The van der Waals surface area contributed by atoms with E-state index in [9.17, 15) is 0 Å². The van der Waals surface area contributed by atoms with Gasteiger partial charge >= 0.3 is 0 Å². The molecule has 2 aromatic rings. The number of nitrogens with two attached hydrogens (primary N) is 1. The quantitative estimate of drug-likeness (QED) is 0.566. The molecule has 1 saturated heterocycles. The molecular weight excluding hydrogens is 378 g/mol. The lowest BCUT2D eigenvalue weighted by Crippen LogP contribution is -2.38. The van der Waals surface area contributed by atoms with E-state index in [2.05, 4.69) is 10.3 Å². The second kappa shape index (κ2) is 9.17. The van der Waals surface area contributed by atoms with Gasteiger partial charge in [0.1, 0.15) is 11.5 Å². The summed E-state index contributed by atoms with van der Waals surface area (Å²) in [6.45, 7) is 1.83. The standard InChI is InChI=1S/C21H26ClN3O3/c1-26-17-5-3-4-16(13-17)25-20(23)24-14-21(8-10-28-11-9-21)18-12-15(22)6-7-19(18)27-2/h3-7,12-13H,8-11,14H2,1-2H3,(H3,23,24,25). The van der Waals surface area contributed by atoms with Crippen LogP contribution in [0.2, 0.25) is 5.02 Å². The van der Waals surface area contributed by atoms with Crippen LogP contribution in [0.3, 0.4) is 0 Å². The van der Waals surface area contributed by atoms with Gasteiger partial charge in [-0.05, 0) is 43.2 Å². The molecule has 0 aliphatic carbocycles.